The minimum absolute atomic E-state index is 0.117. The van der Waals surface area contributed by atoms with Crippen molar-refractivity contribution in [1.29, 1.82) is 0 Å². The molecule has 156 valence electrons. The van der Waals surface area contributed by atoms with Gasteiger partial charge in [0, 0.05) is 37.7 Å². The predicted octanol–water partition coefficient (Wildman–Crippen LogP) is 2.85. The molecule has 1 aromatic carbocycles. The quantitative estimate of drug-likeness (QED) is 0.774. The van der Waals surface area contributed by atoms with Crippen LogP contribution in [0.1, 0.15) is 32.3 Å². The number of anilines is 2. The number of aromatic nitrogens is 2. The molecule has 0 saturated carbocycles. The van der Waals surface area contributed by atoms with Crippen molar-refractivity contribution in [2.24, 2.45) is 5.92 Å². The molecule has 0 aliphatic carbocycles. The molecule has 7 nitrogen and oxygen atoms in total. The van der Waals surface area contributed by atoms with Crippen LogP contribution in [0.4, 0.5) is 11.6 Å². The zero-order valence-electron chi connectivity index (χ0n) is 17.2. The van der Waals surface area contributed by atoms with Crippen LogP contribution >= 0.6 is 0 Å². The smallest absolute Gasteiger partial charge is 0.161 e. The first-order valence-corrected chi connectivity index (χ1v) is 10.4. The Morgan fingerprint density at radius 1 is 1.17 bits per heavy atom. The van der Waals surface area contributed by atoms with E-state index in [0.717, 1.165) is 55.6 Å². The maximum Gasteiger partial charge on any atom is 0.161 e. The average molecular weight is 399 g/mol. The molecule has 0 radical (unpaired) electrons. The molecule has 2 aliphatic rings. The van der Waals surface area contributed by atoms with E-state index in [1.807, 2.05) is 12.1 Å². The van der Waals surface area contributed by atoms with Crippen LogP contribution in [0, 0.1) is 5.92 Å². The summed E-state index contributed by atoms with van der Waals surface area (Å²) >= 11 is 0. The van der Waals surface area contributed by atoms with Crippen molar-refractivity contribution in [3.05, 3.63) is 36.2 Å². The van der Waals surface area contributed by atoms with Gasteiger partial charge in [0.05, 0.1) is 0 Å². The maximum atomic E-state index is 9.48. The van der Waals surface area contributed by atoms with Crippen molar-refractivity contribution in [3.8, 4) is 11.5 Å². The van der Waals surface area contributed by atoms with Crippen molar-refractivity contribution in [3.63, 3.8) is 0 Å². The van der Waals surface area contributed by atoms with Crippen LogP contribution in [-0.4, -0.2) is 54.5 Å². The Balaban J connectivity index is 1.43. The molecule has 2 N–H and O–H groups in total. The largest absolute Gasteiger partial charge is 0.486 e. The van der Waals surface area contributed by atoms with Gasteiger partial charge >= 0.3 is 0 Å². The van der Waals surface area contributed by atoms with Crippen molar-refractivity contribution in [2.75, 3.05) is 49.7 Å². The van der Waals surface area contributed by atoms with Gasteiger partial charge in [-0.15, -0.1) is 0 Å². The van der Waals surface area contributed by atoms with E-state index in [4.69, 9.17) is 9.47 Å². The predicted molar refractivity (Wildman–Crippen MR) is 113 cm³/mol. The number of aliphatic hydroxyl groups excluding tert-OH is 1. The zero-order valence-corrected chi connectivity index (χ0v) is 17.2. The molecule has 0 spiro atoms. The number of fused-ring (bicyclic) bond motifs is 1. The molecule has 1 fully saturated rings. The van der Waals surface area contributed by atoms with E-state index < -0.39 is 0 Å². The summed E-state index contributed by atoms with van der Waals surface area (Å²) in [5.74, 6) is 3.68. The monoisotopic (exact) mass is 398 g/mol. The van der Waals surface area contributed by atoms with E-state index in [0.29, 0.717) is 19.1 Å². The number of nitrogens with zero attached hydrogens (tertiary/aromatic N) is 3. The van der Waals surface area contributed by atoms with Gasteiger partial charge in [-0.1, -0.05) is 19.9 Å². The summed E-state index contributed by atoms with van der Waals surface area (Å²) in [4.78, 5) is 11.1. The van der Waals surface area contributed by atoms with Gasteiger partial charge in [-0.3, -0.25) is 0 Å². The second-order valence-electron chi connectivity index (χ2n) is 8.49. The standard InChI is InChI=1S/C22H30N4O3/c1-22(2,17-5-6-18-19(10-17)29-9-8-28-18)14-23-20-11-21(25-15-24-20)26-7-3-4-16(12-26)13-27/h5-6,10-11,15-16,27H,3-4,7-9,12-14H2,1-2H3,(H,23,24,25). The molecule has 2 aromatic rings. The molecule has 1 atom stereocenters. The summed E-state index contributed by atoms with van der Waals surface area (Å²) in [7, 11) is 0. The first kappa shape index (κ1) is 19.8. The molecular formula is C22H30N4O3. The van der Waals surface area contributed by atoms with Gasteiger partial charge in [0.15, 0.2) is 11.5 Å². The van der Waals surface area contributed by atoms with Gasteiger partial charge in [-0.2, -0.15) is 0 Å². The molecule has 0 amide bonds. The van der Waals surface area contributed by atoms with Crippen LogP contribution < -0.4 is 19.7 Å². The molecule has 29 heavy (non-hydrogen) atoms. The van der Waals surface area contributed by atoms with Crippen molar-refractivity contribution >= 4 is 11.6 Å². The first-order valence-electron chi connectivity index (χ1n) is 10.4. The van der Waals surface area contributed by atoms with Crippen LogP contribution in [0.2, 0.25) is 0 Å². The van der Waals surface area contributed by atoms with Gasteiger partial charge in [0.1, 0.15) is 31.2 Å². The summed E-state index contributed by atoms with van der Waals surface area (Å²) in [5.41, 5.74) is 1.07. The highest BCUT2D eigenvalue weighted by molar-refractivity contribution is 5.50. The van der Waals surface area contributed by atoms with Crippen molar-refractivity contribution < 1.29 is 14.6 Å². The molecule has 1 unspecified atom stereocenters. The van der Waals surface area contributed by atoms with E-state index >= 15 is 0 Å². The molecule has 4 rings (SSSR count). The Labute approximate surface area is 172 Å². The maximum absolute atomic E-state index is 9.48. The van der Waals surface area contributed by atoms with Gasteiger partial charge in [-0.25, -0.2) is 9.97 Å². The number of nitrogens with one attached hydrogen (secondary N) is 1. The summed E-state index contributed by atoms with van der Waals surface area (Å²) in [6.45, 7) is 8.36. The second kappa shape index (κ2) is 8.45. The molecular weight excluding hydrogens is 368 g/mol. The fourth-order valence-electron chi connectivity index (χ4n) is 3.92. The third-order valence-electron chi connectivity index (χ3n) is 5.79. The van der Waals surface area contributed by atoms with Gasteiger partial charge in [0.2, 0.25) is 0 Å². The highest BCUT2D eigenvalue weighted by atomic mass is 16.6. The van der Waals surface area contributed by atoms with Gasteiger partial charge < -0.3 is 24.8 Å². The fourth-order valence-corrected chi connectivity index (χ4v) is 3.92. The Hall–Kier alpha value is -2.54. The third-order valence-corrected chi connectivity index (χ3v) is 5.79. The summed E-state index contributed by atoms with van der Waals surface area (Å²) in [6, 6.07) is 8.16. The molecule has 0 bridgehead atoms. The van der Waals surface area contributed by atoms with Gasteiger partial charge in [-0.05, 0) is 36.5 Å². The minimum atomic E-state index is -0.117. The van der Waals surface area contributed by atoms with Crippen LogP contribution in [0.5, 0.6) is 11.5 Å². The number of hydrogen-bond acceptors (Lipinski definition) is 7. The second-order valence-corrected chi connectivity index (χ2v) is 8.49. The number of hydrogen-bond donors (Lipinski definition) is 2. The Morgan fingerprint density at radius 3 is 2.83 bits per heavy atom. The van der Waals surface area contributed by atoms with Crippen LogP contribution in [0.15, 0.2) is 30.6 Å². The lowest BCUT2D eigenvalue weighted by Crippen LogP contribution is -2.37. The summed E-state index contributed by atoms with van der Waals surface area (Å²) in [6.07, 6.45) is 3.76. The minimum Gasteiger partial charge on any atom is -0.486 e. The number of piperidine rings is 1. The van der Waals surface area contributed by atoms with Crippen molar-refractivity contribution in [1.82, 2.24) is 9.97 Å². The SMILES string of the molecule is CC(C)(CNc1cc(N2CCCC(CO)C2)ncn1)c1ccc2c(c1)OCCO2. The van der Waals surface area contributed by atoms with E-state index in [1.165, 1.54) is 5.56 Å². The zero-order chi connectivity index (χ0) is 20.3. The lowest BCUT2D eigenvalue weighted by atomic mass is 9.84. The lowest BCUT2D eigenvalue weighted by molar-refractivity contribution is 0.171. The lowest BCUT2D eigenvalue weighted by Gasteiger charge is -2.33. The number of aliphatic hydroxyl groups is 1. The van der Waals surface area contributed by atoms with Gasteiger partial charge in [0.25, 0.3) is 0 Å². The average Bonchev–Trinajstić information content (AvgIpc) is 2.77. The number of benzene rings is 1. The molecule has 1 aromatic heterocycles. The highest BCUT2D eigenvalue weighted by Gasteiger charge is 2.24. The van der Waals surface area contributed by atoms with Crippen molar-refractivity contribution in [2.45, 2.75) is 32.1 Å². The van der Waals surface area contributed by atoms with E-state index in [9.17, 15) is 5.11 Å². The van der Waals surface area contributed by atoms with E-state index in [2.05, 4.69) is 46.2 Å². The Morgan fingerprint density at radius 2 is 2.00 bits per heavy atom. The van der Waals surface area contributed by atoms with Crippen LogP contribution in [0.25, 0.3) is 0 Å². The fraction of sp³-hybridized carbons (Fsp3) is 0.545. The first-order chi connectivity index (χ1) is 14.0. The Bertz CT molecular complexity index is 843. The van der Waals surface area contributed by atoms with Crippen LogP contribution in [0.3, 0.4) is 0 Å². The normalized spacial score (nSPS) is 19.1. The number of rotatable bonds is 6. The van der Waals surface area contributed by atoms with E-state index in [-0.39, 0.29) is 12.0 Å². The molecule has 2 aliphatic heterocycles. The summed E-state index contributed by atoms with van der Waals surface area (Å²) in [5, 5.41) is 12.9. The van der Waals surface area contributed by atoms with E-state index in [1.54, 1.807) is 6.33 Å². The molecule has 3 heterocycles. The van der Waals surface area contributed by atoms with Crippen LogP contribution in [-0.2, 0) is 5.41 Å². The third kappa shape index (κ3) is 4.56. The Kier molecular flexibility index (Phi) is 5.76. The number of ether oxygens (including phenoxy) is 2. The summed E-state index contributed by atoms with van der Waals surface area (Å²) < 4.78 is 11.4. The molecule has 1 saturated heterocycles. The highest BCUT2D eigenvalue weighted by Crippen LogP contribution is 2.35. The molecule has 7 heteroatoms. The topological polar surface area (TPSA) is 79.7 Å².